The van der Waals surface area contributed by atoms with Gasteiger partial charge in [-0.15, -0.1) is 0 Å². The van der Waals surface area contributed by atoms with E-state index in [4.69, 9.17) is 4.74 Å². The summed E-state index contributed by atoms with van der Waals surface area (Å²) >= 11 is 0. The molecule has 0 fully saturated rings. The van der Waals surface area contributed by atoms with E-state index in [0.29, 0.717) is 24.1 Å². The number of hydrogen-bond acceptors (Lipinski definition) is 9. The second-order valence-corrected chi connectivity index (χ2v) is 11.2. The molecule has 0 aliphatic heterocycles. The summed E-state index contributed by atoms with van der Waals surface area (Å²) in [7, 11) is -4.56. The summed E-state index contributed by atoms with van der Waals surface area (Å²) in [6.07, 6.45) is -5.38. The third kappa shape index (κ3) is 10.7. The van der Waals surface area contributed by atoms with Gasteiger partial charge < -0.3 is 35.7 Å². The fraction of sp³-hybridized carbons (Fsp3) is 0.286. The standard InChI is InChI=1S/C28H31F3N4O8S/c1-44(40,41)35(43-26(38)28(29,30)31)25-10-6-5-9-24(25)34-27(39)33-20-13-11-19(12-14-20)15-21(17-36)32-16-22(37)18-42-23-7-3-2-4-8-23/h2-14,21-22,32,36-37H,15-18H2,1H3,(H2,33,34,39)/t21-,22-/m0/s1. The number of carbonyl (C=O) groups excluding carboxylic acids is 2. The highest BCUT2D eigenvalue weighted by Crippen LogP contribution is 2.30. The van der Waals surface area contributed by atoms with Gasteiger partial charge in [0.25, 0.3) is 10.0 Å². The Labute approximate surface area is 251 Å². The molecular weight excluding hydrogens is 609 g/mol. The van der Waals surface area contributed by atoms with E-state index in [0.717, 1.165) is 11.6 Å². The monoisotopic (exact) mass is 640 g/mol. The zero-order valence-electron chi connectivity index (χ0n) is 23.3. The highest BCUT2D eigenvalue weighted by atomic mass is 32.2. The van der Waals surface area contributed by atoms with Crippen LogP contribution in [0.5, 0.6) is 5.75 Å². The van der Waals surface area contributed by atoms with E-state index in [9.17, 15) is 41.4 Å². The molecule has 0 unspecified atom stereocenters. The number of rotatable bonds is 14. The molecule has 0 saturated heterocycles. The van der Waals surface area contributed by atoms with Crippen molar-refractivity contribution in [1.82, 2.24) is 5.32 Å². The van der Waals surface area contributed by atoms with Gasteiger partial charge in [-0.05, 0) is 48.4 Å². The number of benzene rings is 3. The van der Waals surface area contributed by atoms with Gasteiger partial charge in [0.05, 0.1) is 18.6 Å². The topological polar surface area (TPSA) is 167 Å². The van der Waals surface area contributed by atoms with Crippen LogP contribution in [0.4, 0.5) is 35.0 Å². The molecule has 5 N–H and O–H groups in total. The Bertz CT molecular complexity index is 1490. The molecule has 0 bridgehead atoms. The summed E-state index contributed by atoms with van der Waals surface area (Å²) < 4.78 is 67.7. The maximum absolute atomic E-state index is 12.7. The van der Waals surface area contributed by atoms with Crippen LogP contribution in [-0.4, -0.2) is 75.0 Å². The normalized spacial score (nSPS) is 13.0. The lowest BCUT2D eigenvalue weighted by Crippen LogP contribution is -2.41. The number of anilines is 3. The van der Waals surface area contributed by atoms with Crippen LogP contribution in [0.25, 0.3) is 0 Å². The van der Waals surface area contributed by atoms with Crippen molar-refractivity contribution >= 4 is 39.1 Å². The number of amides is 2. The third-order valence-corrected chi connectivity index (χ3v) is 6.66. The summed E-state index contributed by atoms with van der Waals surface area (Å²) in [5.74, 6) is -2.15. The number of carbonyl (C=O) groups is 2. The van der Waals surface area contributed by atoms with Crippen LogP contribution in [0.2, 0.25) is 0 Å². The molecule has 12 nitrogen and oxygen atoms in total. The lowest BCUT2D eigenvalue weighted by Gasteiger charge is -2.23. The fourth-order valence-electron chi connectivity index (χ4n) is 3.73. The molecule has 238 valence electrons. The summed E-state index contributed by atoms with van der Waals surface area (Å²) in [4.78, 5) is 28.1. The van der Waals surface area contributed by atoms with Crippen molar-refractivity contribution in [2.24, 2.45) is 0 Å². The van der Waals surface area contributed by atoms with E-state index < -0.39 is 40.0 Å². The predicted molar refractivity (Wildman–Crippen MR) is 156 cm³/mol. The first-order valence-electron chi connectivity index (χ1n) is 13.0. The Morgan fingerprint density at radius 3 is 2.20 bits per heavy atom. The molecule has 0 aromatic heterocycles. The summed E-state index contributed by atoms with van der Waals surface area (Å²) in [6, 6.07) is 19.1. The fourth-order valence-corrected chi connectivity index (χ4v) is 4.45. The first kappa shape index (κ1) is 34.1. The minimum atomic E-state index is -5.47. The Morgan fingerprint density at radius 1 is 0.955 bits per heavy atom. The maximum atomic E-state index is 12.7. The number of aliphatic hydroxyl groups excluding tert-OH is 2. The zero-order chi connectivity index (χ0) is 32.3. The largest absolute Gasteiger partial charge is 0.493 e. The van der Waals surface area contributed by atoms with E-state index >= 15 is 0 Å². The third-order valence-electron chi connectivity index (χ3n) is 5.79. The number of hydrogen-bond donors (Lipinski definition) is 5. The van der Waals surface area contributed by atoms with E-state index in [1.165, 1.54) is 18.2 Å². The summed E-state index contributed by atoms with van der Waals surface area (Å²) in [5.41, 5.74) is 0.292. The number of ether oxygens (including phenoxy) is 1. The number of alkyl halides is 3. The van der Waals surface area contributed by atoms with Gasteiger partial charge >= 0.3 is 18.2 Å². The van der Waals surface area contributed by atoms with E-state index in [2.05, 4.69) is 20.8 Å². The molecule has 0 aliphatic rings. The summed E-state index contributed by atoms with van der Waals surface area (Å²) in [6.45, 7) is 0.0232. The van der Waals surface area contributed by atoms with E-state index in [1.807, 2.05) is 18.2 Å². The van der Waals surface area contributed by atoms with Gasteiger partial charge in [-0.2, -0.15) is 13.2 Å². The number of aliphatic hydroxyl groups is 2. The van der Waals surface area contributed by atoms with E-state index in [-0.39, 0.29) is 36.0 Å². The zero-order valence-corrected chi connectivity index (χ0v) is 24.1. The molecule has 0 spiro atoms. The number of urea groups is 1. The van der Waals surface area contributed by atoms with Crippen LogP contribution in [0.15, 0.2) is 78.9 Å². The molecular formula is C28H31F3N4O8S. The number of para-hydroxylation sites is 3. The number of sulfonamides is 1. The van der Waals surface area contributed by atoms with Crippen LogP contribution in [0, 0.1) is 0 Å². The quantitative estimate of drug-likeness (QED) is 0.167. The Hall–Kier alpha value is -4.38. The van der Waals surface area contributed by atoms with Crippen molar-refractivity contribution in [2.75, 3.05) is 41.1 Å². The van der Waals surface area contributed by atoms with Gasteiger partial charge in [-0.3, -0.25) is 0 Å². The van der Waals surface area contributed by atoms with Gasteiger partial charge in [0.2, 0.25) is 0 Å². The van der Waals surface area contributed by atoms with Gasteiger partial charge in [0.1, 0.15) is 24.1 Å². The molecule has 0 radical (unpaired) electrons. The van der Waals surface area contributed by atoms with Crippen molar-refractivity contribution in [3.63, 3.8) is 0 Å². The van der Waals surface area contributed by atoms with Gasteiger partial charge in [0.15, 0.2) is 0 Å². The SMILES string of the molecule is CS(=O)(=O)N(OC(=O)C(F)(F)F)c1ccccc1NC(=O)Nc1ccc(C[C@@H](CO)NC[C@H](O)COc2ccccc2)cc1. The van der Waals surface area contributed by atoms with Crippen molar-refractivity contribution in [2.45, 2.75) is 24.7 Å². The van der Waals surface area contributed by atoms with Crippen molar-refractivity contribution < 1.29 is 51.0 Å². The number of nitrogens with zero attached hydrogens (tertiary/aromatic N) is 1. The lowest BCUT2D eigenvalue weighted by atomic mass is 10.1. The Morgan fingerprint density at radius 2 is 1.59 bits per heavy atom. The lowest BCUT2D eigenvalue weighted by molar-refractivity contribution is -0.199. The van der Waals surface area contributed by atoms with E-state index in [1.54, 1.807) is 36.4 Å². The molecule has 3 aromatic carbocycles. The van der Waals surface area contributed by atoms with Crippen molar-refractivity contribution in [1.29, 1.82) is 0 Å². The first-order valence-corrected chi connectivity index (χ1v) is 14.9. The molecule has 2 atom stereocenters. The molecule has 2 amide bonds. The average Bonchev–Trinajstić information content (AvgIpc) is 2.97. The predicted octanol–water partition coefficient (Wildman–Crippen LogP) is 3.05. The van der Waals surface area contributed by atoms with Crippen LogP contribution >= 0.6 is 0 Å². The Balaban J connectivity index is 1.56. The van der Waals surface area contributed by atoms with Crippen LogP contribution in [0.3, 0.4) is 0 Å². The Kier molecular flexibility index (Phi) is 11.9. The number of nitrogens with one attached hydrogen (secondary N) is 3. The molecule has 0 saturated carbocycles. The highest BCUT2D eigenvalue weighted by molar-refractivity contribution is 7.91. The van der Waals surface area contributed by atoms with Gasteiger partial charge in [-0.25, -0.2) is 18.0 Å². The summed E-state index contributed by atoms with van der Waals surface area (Å²) in [5, 5.41) is 27.8. The van der Waals surface area contributed by atoms with Gasteiger partial charge in [-0.1, -0.05) is 46.9 Å². The molecule has 3 rings (SSSR count). The van der Waals surface area contributed by atoms with Crippen molar-refractivity contribution in [3.05, 3.63) is 84.4 Å². The van der Waals surface area contributed by atoms with Crippen LogP contribution in [-0.2, 0) is 26.1 Å². The molecule has 44 heavy (non-hydrogen) atoms. The molecule has 3 aromatic rings. The molecule has 16 heteroatoms. The second kappa shape index (κ2) is 15.4. The minimum absolute atomic E-state index is 0.0626. The smallest absolute Gasteiger partial charge is 0.491 e. The molecule has 0 heterocycles. The average molecular weight is 641 g/mol. The van der Waals surface area contributed by atoms with Crippen LogP contribution < -0.4 is 25.2 Å². The first-order chi connectivity index (χ1) is 20.8. The second-order valence-electron chi connectivity index (χ2n) is 9.43. The molecule has 0 aliphatic carbocycles. The highest BCUT2D eigenvalue weighted by Gasteiger charge is 2.44. The number of halogens is 3. The van der Waals surface area contributed by atoms with Gasteiger partial charge in [0, 0.05) is 18.3 Å². The maximum Gasteiger partial charge on any atom is 0.493 e. The van der Waals surface area contributed by atoms with Crippen molar-refractivity contribution in [3.8, 4) is 5.75 Å². The minimum Gasteiger partial charge on any atom is -0.491 e. The van der Waals surface area contributed by atoms with Crippen LogP contribution in [0.1, 0.15) is 5.56 Å².